The number of nitrogens with zero attached hydrogens (tertiary/aromatic N) is 4. The molecule has 6 heteroatoms. The summed E-state index contributed by atoms with van der Waals surface area (Å²) in [5.74, 6) is 1.20. The summed E-state index contributed by atoms with van der Waals surface area (Å²) >= 11 is 0. The summed E-state index contributed by atoms with van der Waals surface area (Å²) in [6, 6.07) is 5.58. The van der Waals surface area contributed by atoms with Crippen LogP contribution < -0.4 is 0 Å². The second-order valence-corrected chi connectivity index (χ2v) is 5.00. The topological polar surface area (TPSA) is 72.1 Å². The molecule has 0 spiro atoms. The Hall–Kier alpha value is -2.08. The van der Waals surface area contributed by atoms with Crippen LogP contribution in [0.1, 0.15) is 18.7 Å². The van der Waals surface area contributed by atoms with Crippen molar-refractivity contribution in [3.63, 3.8) is 0 Å². The first-order chi connectivity index (χ1) is 9.85. The molecule has 20 heavy (non-hydrogen) atoms. The molecule has 6 nitrogen and oxygen atoms in total. The molecular formula is C14H16N4O2. The summed E-state index contributed by atoms with van der Waals surface area (Å²) in [7, 11) is 0. The summed E-state index contributed by atoms with van der Waals surface area (Å²) in [6.45, 7) is 2.32. The van der Waals surface area contributed by atoms with Crippen molar-refractivity contribution < 1.29 is 9.32 Å². The summed E-state index contributed by atoms with van der Waals surface area (Å²) in [5, 5.41) is 3.95. The highest BCUT2D eigenvalue weighted by molar-refractivity contribution is 5.54. The van der Waals surface area contributed by atoms with E-state index < -0.39 is 0 Å². The van der Waals surface area contributed by atoms with Gasteiger partial charge in [-0.1, -0.05) is 11.2 Å². The van der Waals surface area contributed by atoms with Crippen LogP contribution in [0.3, 0.4) is 0 Å². The summed E-state index contributed by atoms with van der Waals surface area (Å²) in [6.07, 6.45) is 4.75. The van der Waals surface area contributed by atoms with E-state index in [1.807, 2.05) is 18.2 Å². The van der Waals surface area contributed by atoms with E-state index in [2.05, 4.69) is 20.0 Å². The Morgan fingerprint density at radius 2 is 2.40 bits per heavy atom. The van der Waals surface area contributed by atoms with Crippen molar-refractivity contribution in [1.29, 1.82) is 0 Å². The van der Waals surface area contributed by atoms with Crippen LogP contribution in [0.4, 0.5) is 0 Å². The Morgan fingerprint density at radius 3 is 3.20 bits per heavy atom. The maximum atomic E-state index is 10.9. The minimum Gasteiger partial charge on any atom is -0.337 e. The number of aromatic nitrogens is 3. The van der Waals surface area contributed by atoms with Crippen molar-refractivity contribution >= 4 is 6.29 Å². The zero-order valence-electron chi connectivity index (χ0n) is 11.1. The highest BCUT2D eigenvalue weighted by Crippen LogP contribution is 2.18. The number of aldehydes is 1. The van der Waals surface area contributed by atoms with Crippen LogP contribution >= 0.6 is 0 Å². The third kappa shape index (κ3) is 2.91. The molecule has 0 aliphatic carbocycles. The first kappa shape index (κ1) is 12.9. The predicted octanol–water partition coefficient (Wildman–Crippen LogP) is 1.54. The van der Waals surface area contributed by atoms with Crippen molar-refractivity contribution in [2.24, 2.45) is 5.92 Å². The summed E-state index contributed by atoms with van der Waals surface area (Å²) in [5.41, 5.74) is 0.701. The van der Waals surface area contributed by atoms with Gasteiger partial charge in [-0.25, -0.2) is 0 Å². The number of carbonyl (C=O) groups excluding carboxylic acids is 1. The van der Waals surface area contributed by atoms with Crippen molar-refractivity contribution in [3.05, 3.63) is 30.3 Å². The number of pyridine rings is 1. The van der Waals surface area contributed by atoms with Crippen LogP contribution in [-0.2, 0) is 11.3 Å². The van der Waals surface area contributed by atoms with Gasteiger partial charge in [0.05, 0.1) is 6.54 Å². The fraction of sp³-hybridized carbons (Fsp3) is 0.429. The number of rotatable bonds is 4. The Bertz CT molecular complexity index is 570. The number of hydrogen-bond acceptors (Lipinski definition) is 6. The number of carbonyl (C=O) groups is 1. The molecule has 0 aromatic carbocycles. The van der Waals surface area contributed by atoms with E-state index in [0.717, 1.165) is 32.2 Å². The predicted molar refractivity (Wildman–Crippen MR) is 71.6 cm³/mol. The van der Waals surface area contributed by atoms with E-state index >= 15 is 0 Å². The van der Waals surface area contributed by atoms with Crippen LogP contribution in [0.25, 0.3) is 11.5 Å². The van der Waals surface area contributed by atoms with Crippen LogP contribution in [-0.4, -0.2) is 39.4 Å². The van der Waals surface area contributed by atoms with Crippen LogP contribution in [0.5, 0.6) is 0 Å². The molecule has 2 aromatic rings. The molecular weight excluding hydrogens is 256 g/mol. The minimum atomic E-state index is 0.127. The standard InChI is InChI=1S/C14H16N4O2/c19-10-11-4-3-7-18(8-11)9-13-16-14(17-20-13)12-5-1-2-6-15-12/h1-2,5-6,10-11H,3-4,7-9H2. The normalized spacial score (nSPS) is 19.9. The van der Waals surface area contributed by atoms with Crippen molar-refractivity contribution in [2.75, 3.05) is 13.1 Å². The molecule has 1 aliphatic rings. The van der Waals surface area contributed by atoms with Gasteiger partial charge in [0.2, 0.25) is 11.7 Å². The highest BCUT2D eigenvalue weighted by Gasteiger charge is 2.21. The summed E-state index contributed by atoms with van der Waals surface area (Å²) < 4.78 is 5.26. The number of piperidine rings is 1. The average molecular weight is 272 g/mol. The molecule has 0 radical (unpaired) electrons. The van der Waals surface area contributed by atoms with Gasteiger partial charge in [-0.2, -0.15) is 4.98 Å². The quantitative estimate of drug-likeness (QED) is 0.786. The van der Waals surface area contributed by atoms with Gasteiger partial charge in [0.15, 0.2) is 0 Å². The largest absolute Gasteiger partial charge is 0.337 e. The first-order valence-corrected chi connectivity index (χ1v) is 6.77. The smallest absolute Gasteiger partial charge is 0.241 e. The van der Waals surface area contributed by atoms with Crippen LogP contribution in [0, 0.1) is 5.92 Å². The maximum Gasteiger partial charge on any atom is 0.241 e. The van der Waals surface area contributed by atoms with Gasteiger partial charge in [-0.05, 0) is 31.5 Å². The third-order valence-corrected chi connectivity index (χ3v) is 3.46. The summed E-state index contributed by atoms with van der Waals surface area (Å²) in [4.78, 5) is 21.6. The maximum absolute atomic E-state index is 10.9. The molecule has 1 fully saturated rings. The van der Waals surface area contributed by atoms with Crippen LogP contribution in [0.15, 0.2) is 28.9 Å². The lowest BCUT2D eigenvalue weighted by Crippen LogP contribution is -2.35. The van der Waals surface area contributed by atoms with E-state index in [4.69, 9.17) is 4.52 Å². The highest BCUT2D eigenvalue weighted by atomic mass is 16.5. The van der Waals surface area contributed by atoms with Gasteiger partial charge in [0.1, 0.15) is 12.0 Å². The van der Waals surface area contributed by atoms with E-state index in [1.54, 1.807) is 6.20 Å². The Kier molecular flexibility index (Phi) is 3.83. The molecule has 3 heterocycles. The molecule has 1 atom stereocenters. The monoisotopic (exact) mass is 272 g/mol. The van der Waals surface area contributed by atoms with E-state index in [0.29, 0.717) is 24.0 Å². The Balaban J connectivity index is 1.67. The molecule has 0 bridgehead atoms. The molecule has 0 N–H and O–H groups in total. The van der Waals surface area contributed by atoms with Gasteiger partial charge in [-0.3, -0.25) is 9.88 Å². The van der Waals surface area contributed by atoms with Gasteiger partial charge in [-0.15, -0.1) is 0 Å². The van der Waals surface area contributed by atoms with Gasteiger partial charge >= 0.3 is 0 Å². The van der Waals surface area contributed by atoms with E-state index in [1.165, 1.54) is 0 Å². The van der Waals surface area contributed by atoms with E-state index in [9.17, 15) is 4.79 Å². The van der Waals surface area contributed by atoms with Gasteiger partial charge in [0.25, 0.3) is 0 Å². The Labute approximate surface area is 116 Å². The molecule has 0 amide bonds. The fourth-order valence-electron chi connectivity index (χ4n) is 2.46. The molecule has 1 aliphatic heterocycles. The fourth-order valence-corrected chi connectivity index (χ4v) is 2.46. The lowest BCUT2D eigenvalue weighted by Gasteiger charge is -2.28. The second kappa shape index (κ2) is 5.92. The van der Waals surface area contributed by atoms with Crippen LogP contribution in [0.2, 0.25) is 0 Å². The lowest BCUT2D eigenvalue weighted by atomic mass is 10.00. The lowest BCUT2D eigenvalue weighted by molar-refractivity contribution is -0.112. The zero-order chi connectivity index (χ0) is 13.8. The molecule has 3 rings (SSSR count). The molecule has 104 valence electrons. The SMILES string of the molecule is O=CC1CCCN(Cc2nc(-c3ccccn3)no2)C1. The molecule has 1 unspecified atom stereocenters. The van der Waals surface area contributed by atoms with Gasteiger partial charge < -0.3 is 9.32 Å². The third-order valence-electron chi connectivity index (χ3n) is 3.46. The number of likely N-dealkylation sites (tertiary alicyclic amines) is 1. The average Bonchev–Trinajstić information content (AvgIpc) is 2.97. The van der Waals surface area contributed by atoms with Crippen molar-refractivity contribution in [3.8, 4) is 11.5 Å². The van der Waals surface area contributed by atoms with E-state index in [-0.39, 0.29) is 5.92 Å². The zero-order valence-corrected chi connectivity index (χ0v) is 11.1. The number of hydrogen-bond donors (Lipinski definition) is 0. The molecule has 1 saturated heterocycles. The van der Waals surface area contributed by atoms with Gasteiger partial charge in [0, 0.05) is 18.7 Å². The first-order valence-electron chi connectivity index (χ1n) is 6.77. The van der Waals surface area contributed by atoms with Crippen molar-refractivity contribution in [2.45, 2.75) is 19.4 Å². The molecule has 0 saturated carbocycles. The minimum absolute atomic E-state index is 0.127. The Morgan fingerprint density at radius 1 is 1.45 bits per heavy atom. The second-order valence-electron chi connectivity index (χ2n) is 5.00. The molecule has 2 aromatic heterocycles. The van der Waals surface area contributed by atoms with Crippen molar-refractivity contribution in [1.82, 2.24) is 20.0 Å².